The fraction of sp³-hybridized carbons (Fsp3) is 0.333. The number of aromatic nitrogens is 4. The van der Waals surface area contributed by atoms with Crippen LogP contribution >= 0.6 is 0 Å². The molecule has 19 heavy (non-hydrogen) atoms. The van der Waals surface area contributed by atoms with Crippen LogP contribution in [0.25, 0.3) is 5.69 Å². The number of hydrogen-bond donors (Lipinski definition) is 2. The molecular formula is C12H16N6O. The number of hydrogen-bond acceptors (Lipinski definition) is 5. The van der Waals surface area contributed by atoms with Crippen molar-refractivity contribution in [1.29, 1.82) is 0 Å². The van der Waals surface area contributed by atoms with Crippen LogP contribution in [-0.2, 0) is 4.79 Å². The van der Waals surface area contributed by atoms with Crippen molar-refractivity contribution in [2.75, 3.05) is 18.9 Å². The highest BCUT2D eigenvalue weighted by Crippen LogP contribution is 2.12. The summed E-state index contributed by atoms with van der Waals surface area (Å²) in [6.07, 6.45) is 1.52. The zero-order valence-corrected chi connectivity index (χ0v) is 10.9. The predicted molar refractivity (Wildman–Crippen MR) is 70.9 cm³/mol. The van der Waals surface area contributed by atoms with Gasteiger partial charge in [0.25, 0.3) is 0 Å². The molecule has 2 N–H and O–H groups in total. The third-order valence-electron chi connectivity index (χ3n) is 2.71. The maximum Gasteiger partial charge on any atom is 0.228 e. The van der Waals surface area contributed by atoms with Gasteiger partial charge in [-0.2, -0.15) is 0 Å². The Bertz CT molecular complexity index is 522. The number of rotatable bonds is 5. The lowest BCUT2D eigenvalue weighted by molar-refractivity contribution is -0.119. The fourth-order valence-corrected chi connectivity index (χ4v) is 1.64. The summed E-state index contributed by atoms with van der Waals surface area (Å²) in [4.78, 5) is 11.8. The van der Waals surface area contributed by atoms with Crippen LogP contribution in [0.4, 0.5) is 5.69 Å². The molecule has 1 aromatic heterocycles. The van der Waals surface area contributed by atoms with E-state index < -0.39 is 0 Å². The van der Waals surface area contributed by atoms with Crippen molar-refractivity contribution in [2.24, 2.45) is 5.92 Å². The number of amides is 1. The van der Waals surface area contributed by atoms with Gasteiger partial charge < -0.3 is 10.6 Å². The van der Waals surface area contributed by atoms with Crippen LogP contribution in [0.15, 0.2) is 30.6 Å². The van der Waals surface area contributed by atoms with E-state index in [2.05, 4.69) is 26.2 Å². The molecule has 1 unspecified atom stereocenters. The summed E-state index contributed by atoms with van der Waals surface area (Å²) in [5, 5.41) is 16.8. The number of benzene rings is 1. The summed E-state index contributed by atoms with van der Waals surface area (Å²) < 4.78 is 1.55. The Hall–Kier alpha value is -2.28. The van der Waals surface area contributed by atoms with Crippen molar-refractivity contribution in [2.45, 2.75) is 6.92 Å². The average Bonchev–Trinajstić information content (AvgIpc) is 2.94. The van der Waals surface area contributed by atoms with Crippen molar-refractivity contribution in [3.05, 3.63) is 30.6 Å². The van der Waals surface area contributed by atoms with Crippen LogP contribution in [0.2, 0.25) is 0 Å². The van der Waals surface area contributed by atoms with Gasteiger partial charge in [-0.25, -0.2) is 4.68 Å². The van der Waals surface area contributed by atoms with Gasteiger partial charge in [0, 0.05) is 18.2 Å². The SMILES string of the molecule is CNCC(C)C(=O)Nc1ccc(-n2cnnn2)cc1. The van der Waals surface area contributed by atoms with Crippen molar-refractivity contribution in [3.63, 3.8) is 0 Å². The van der Waals surface area contributed by atoms with E-state index in [1.165, 1.54) is 6.33 Å². The molecule has 7 heteroatoms. The molecule has 0 saturated heterocycles. The Morgan fingerprint density at radius 2 is 2.11 bits per heavy atom. The topological polar surface area (TPSA) is 84.7 Å². The molecule has 1 atom stereocenters. The summed E-state index contributed by atoms with van der Waals surface area (Å²) in [5.41, 5.74) is 1.59. The zero-order valence-electron chi connectivity index (χ0n) is 10.9. The van der Waals surface area contributed by atoms with Gasteiger partial charge in [-0.3, -0.25) is 4.79 Å². The molecule has 100 valence electrons. The maximum absolute atomic E-state index is 11.8. The molecule has 0 saturated carbocycles. The van der Waals surface area contributed by atoms with Gasteiger partial charge in [-0.05, 0) is 41.7 Å². The molecule has 0 aliphatic heterocycles. The monoisotopic (exact) mass is 260 g/mol. The summed E-state index contributed by atoms with van der Waals surface area (Å²) in [7, 11) is 1.82. The smallest absolute Gasteiger partial charge is 0.228 e. The quantitative estimate of drug-likeness (QED) is 0.815. The van der Waals surface area contributed by atoms with Crippen molar-refractivity contribution in [1.82, 2.24) is 25.5 Å². The molecule has 0 aliphatic rings. The molecule has 0 bridgehead atoms. The van der Waals surface area contributed by atoms with Crippen LogP contribution in [0, 0.1) is 5.92 Å². The zero-order chi connectivity index (χ0) is 13.7. The van der Waals surface area contributed by atoms with E-state index in [1.54, 1.807) is 4.68 Å². The van der Waals surface area contributed by atoms with E-state index in [0.717, 1.165) is 11.4 Å². The highest BCUT2D eigenvalue weighted by Gasteiger charge is 2.11. The number of tetrazole rings is 1. The van der Waals surface area contributed by atoms with Crippen molar-refractivity contribution in [3.8, 4) is 5.69 Å². The summed E-state index contributed by atoms with van der Waals surface area (Å²) >= 11 is 0. The van der Waals surface area contributed by atoms with Gasteiger partial charge >= 0.3 is 0 Å². The van der Waals surface area contributed by atoms with Crippen molar-refractivity contribution < 1.29 is 4.79 Å². The van der Waals surface area contributed by atoms with E-state index in [9.17, 15) is 4.79 Å². The van der Waals surface area contributed by atoms with E-state index in [-0.39, 0.29) is 11.8 Å². The fourth-order valence-electron chi connectivity index (χ4n) is 1.64. The Kier molecular flexibility index (Phi) is 4.19. The molecule has 2 rings (SSSR count). The minimum absolute atomic E-state index is 0.00970. The first-order chi connectivity index (χ1) is 9.20. The summed E-state index contributed by atoms with van der Waals surface area (Å²) in [6.45, 7) is 2.52. The molecule has 0 spiro atoms. The molecule has 0 fully saturated rings. The Morgan fingerprint density at radius 1 is 1.37 bits per heavy atom. The van der Waals surface area contributed by atoms with Gasteiger partial charge in [0.1, 0.15) is 6.33 Å². The summed E-state index contributed by atoms with van der Waals surface area (Å²) in [6, 6.07) is 7.32. The lowest BCUT2D eigenvalue weighted by Gasteiger charge is -2.11. The lowest BCUT2D eigenvalue weighted by Crippen LogP contribution is -2.28. The standard InChI is InChI=1S/C12H16N6O/c1-9(7-13-2)12(19)15-10-3-5-11(6-4-10)18-8-14-16-17-18/h3-6,8-9,13H,7H2,1-2H3,(H,15,19). The summed E-state index contributed by atoms with van der Waals surface area (Å²) in [5.74, 6) is -0.0892. The van der Waals surface area contributed by atoms with E-state index in [0.29, 0.717) is 6.54 Å². The molecule has 2 aromatic rings. The first-order valence-corrected chi connectivity index (χ1v) is 5.99. The molecule has 0 radical (unpaired) electrons. The second-order valence-electron chi connectivity index (χ2n) is 4.25. The van der Waals surface area contributed by atoms with Gasteiger partial charge in [-0.1, -0.05) is 6.92 Å². The highest BCUT2D eigenvalue weighted by atomic mass is 16.1. The van der Waals surface area contributed by atoms with Gasteiger partial charge in [-0.15, -0.1) is 5.10 Å². The first kappa shape index (κ1) is 13.2. The molecule has 1 heterocycles. The largest absolute Gasteiger partial charge is 0.326 e. The van der Waals surface area contributed by atoms with Gasteiger partial charge in [0.05, 0.1) is 5.69 Å². The Balaban J connectivity index is 2.01. The first-order valence-electron chi connectivity index (χ1n) is 5.99. The third kappa shape index (κ3) is 3.35. The Labute approximate surface area is 111 Å². The third-order valence-corrected chi connectivity index (χ3v) is 2.71. The van der Waals surface area contributed by atoms with Crippen molar-refractivity contribution >= 4 is 11.6 Å². The minimum Gasteiger partial charge on any atom is -0.326 e. The minimum atomic E-state index is -0.0795. The number of anilines is 1. The molecule has 7 nitrogen and oxygen atoms in total. The average molecular weight is 260 g/mol. The maximum atomic E-state index is 11.8. The van der Waals surface area contributed by atoms with E-state index in [1.807, 2.05) is 38.2 Å². The number of nitrogens with one attached hydrogen (secondary N) is 2. The number of carbonyl (C=O) groups is 1. The second kappa shape index (κ2) is 6.05. The normalized spacial score (nSPS) is 12.1. The highest BCUT2D eigenvalue weighted by molar-refractivity contribution is 5.92. The second-order valence-corrected chi connectivity index (χ2v) is 4.25. The van der Waals surface area contributed by atoms with Crippen LogP contribution in [-0.4, -0.2) is 39.7 Å². The molecule has 0 aliphatic carbocycles. The van der Waals surface area contributed by atoms with Crippen LogP contribution in [0.3, 0.4) is 0 Å². The lowest BCUT2D eigenvalue weighted by atomic mass is 10.1. The molecular weight excluding hydrogens is 244 g/mol. The van der Waals surface area contributed by atoms with Crippen LogP contribution in [0.5, 0.6) is 0 Å². The molecule has 1 aromatic carbocycles. The van der Waals surface area contributed by atoms with Gasteiger partial charge in [0.15, 0.2) is 0 Å². The predicted octanol–water partition coefficient (Wildman–Crippen LogP) is 0.456. The Morgan fingerprint density at radius 3 is 2.68 bits per heavy atom. The van der Waals surface area contributed by atoms with Gasteiger partial charge in [0.2, 0.25) is 5.91 Å². The number of nitrogens with zero attached hydrogens (tertiary/aromatic N) is 4. The van der Waals surface area contributed by atoms with E-state index in [4.69, 9.17) is 0 Å². The van der Waals surface area contributed by atoms with Crippen LogP contribution in [0.1, 0.15) is 6.92 Å². The number of carbonyl (C=O) groups excluding carboxylic acids is 1. The molecule has 1 amide bonds. The van der Waals surface area contributed by atoms with E-state index >= 15 is 0 Å². The van der Waals surface area contributed by atoms with Crippen LogP contribution < -0.4 is 10.6 Å².